The van der Waals surface area contributed by atoms with E-state index in [1.807, 2.05) is 36.4 Å². The molecule has 1 aromatic carbocycles. The molecule has 0 fully saturated rings. The van der Waals surface area contributed by atoms with E-state index in [9.17, 15) is 5.26 Å². The molecule has 1 N–H and O–H groups in total. The van der Waals surface area contributed by atoms with Gasteiger partial charge >= 0.3 is 0 Å². The van der Waals surface area contributed by atoms with Crippen molar-refractivity contribution in [3.63, 3.8) is 0 Å². The summed E-state index contributed by atoms with van der Waals surface area (Å²) in [6.45, 7) is 1.34. The number of benzene rings is 1. The number of nitriles is 1. The Hall–Kier alpha value is -3.83. The van der Waals surface area contributed by atoms with Crippen LogP contribution in [0.2, 0.25) is 0 Å². The Bertz CT molecular complexity index is 1170. The minimum absolute atomic E-state index is 0.0976. The van der Waals surface area contributed by atoms with Gasteiger partial charge < -0.3 is 9.51 Å². The van der Waals surface area contributed by atoms with E-state index in [0.29, 0.717) is 36.8 Å². The zero-order valence-corrected chi connectivity index (χ0v) is 15.5. The zero-order chi connectivity index (χ0) is 19.6. The minimum atomic E-state index is -0.0976. The zero-order valence-electron chi connectivity index (χ0n) is 15.5. The van der Waals surface area contributed by atoms with Crippen molar-refractivity contribution in [2.75, 3.05) is 0 Å². The topological polar surface area (TPSA) is 108 Å². The number of aromatic nitrogens is 5. The fraction of sp³-hybridized carbons (Fsp3) is 0.190. The molecule has 0 spiro atoms. The van der Waals surface area contributed by atoms with Crippen LogP contribution in [0, 0.1) is 11.3 Å². The predicted molar refractivity (Wildman–Crippen MR) is 103 cm³/mol. The van der Waals surface area contributed by atoms with Crippen molar-refractivity contribution in [2.45, 2.75) is 25.6 Å². The number of H-pyrrole nitrogens is 1. The van der Waals surface area contributed by atoms with Gasteiger partial charge in [0, 0.05) is 37.5 Å². The van der Waals surface area contributed by atoms with Gasteiger partial charge in [0.1, 0.15) is 0 Å². The quantitative estimate of drug-likeness (QED) is 0.577. The summed E-state index contributed by atoms with van der Waals surface area (Å²) in [5.74, 6) is 1.10. The fourth-order valence-electron chi connectivity index (χ4n) is 3.66. The molecule has 0 amide bonds. The summed E-state index contributed by atoms with van der Waals surface area (Å²) < 4.78 is 5.65. The molecule has 3 aromatic heterocycles. The maximum absolute atomic E-state index is 9.20. The van der Waals surface area contributed by atoms with Gasteiger partial charge in [0.25, 0.3) is 0 Å². The van der Waals surface area contributed by atoms with Gasteiger partial charge in [-0.2, -0.15) is 10.2 Å². The molecule has 0 saturated heterocycles. The van der Waals surface area contributed by atoms with Gasteiger partial charge in [0.15, 0.2) is 0 Å². The van der Waals surface area contributed by atoms with Crippen molar-refractivity contribution in [3.8, 4) is 17.5 Å². The monoisotopic (exact) mass is 383 g/mol. The van der Waals surface area contributed by atoms with Crippen LogP contribution in [-0.2, 0) is 19.5 Å². The summed E-state index contributed by atoms with van der Waals surface area (Å²) in [6.07, 6.45) is 5.80. The van der Waals surface area contributed by atoms with E-state index in [2.05, 4.69) is 36.1 Å². The molecule has 0 bridgehead atoms. The number of hydrogen-bond acceptors (Lipinski definition) is 7. The molecule has 4 aromatic rings. The van der Waals surface area contributed by atoms with Gasteiger partial charge in [-0.1, -0.05) is 17.3 Å². The predicted octanol–water partition coefficient (Wildman–Crippen LogP) is 3.03. The first-order valence-electron chi connectivity index (χ1n) is 9.28. The Kier molecular flexibility index (Phi) is 4.35. The lowest BCUT2D eigenvalue weighted by atomic mass is 10.0. The maximum Gasteiger partial charge on any atom is 0.244 e. The Morgan fingerprint density at radius 3 is 3.00 bits per heavy atom. The van der Waals surface area contributed by atoms with E-state index in [1.165, 1.54) is 0 Å². The van der Waals surface area contributed by atoms with Crippen LogP contribution >= 0.6 is 0 Å². The fourth-order valence-corrected chi connectivity index (χ4v) is 3.66. The second kappa shape index (κ2) is 7.30. The highest BCUT2D eigenvalue weighted by Crippen LogP contribution is 2.33. The first-order valence-corrected chi connectivity index (χ1v) is 9.28. The Balaban J connectivity index is 1.47. The number of imidazole rings is 1. The summed E-state index contributed by atoms with van der Waals surface area (Å²) in [7, 11) is 0. The molecular weight excluding hydrogens is 366 g/mol. The van der Waals surface area contributed by atoms with Crippen molar-refractivity contribution in [1.29, 1.82) is 5.26 Å². The van der Waals surface area contributed by atoms with Crippen molar-refractivity contribution < 1.29 is 4.52 Å². The first kappa shape index (κ1) is 17.3. The molecule has 142 valence electrons. The Morgan fingerprint density at radius 2 is 2.14 bits per heavy atom. The van der Waals surface area contributed by atoms with E-state index in [0.717, 1.165) is 22.5 Å². The highest BCUT2D eigenvalue weighted by molar-refractivity contribution is 5.52. The smallest absolute Gasteiger partial charge is 0.244 e. The Morgan fingerprint density at radius 1 is 1.24 bits per heavy atom. The van der Waals surface area contributed by atoms with E-state index in [1.54, 1.807) is 18.7 Å². The molecule has 8 heteroatoms. The highest BCUT2D eigenvalue weighted by atomic mass is 16.5. The van der Waals surface area contributed by atoms with Crippen LogP contribution in [-0.4, -0.2) is 30.0 Å². The number of rotatable bonds is 4. The number of fused-ring (bicyclic) bond motifs is 1. The molecule has 1 aliphatic rings. The van der Waals surface area contributed by atoms with Crippen molar-refractivity contribution >= 4 is 0 Å². The van der Waals surface area contributed by atoms with Crippen LogP contribution in [0.1, 0.15) is 34.4 Å². The molecule has 0 aliphatic carbocycles. The lowest BCUT2D eigenvalue weighted by molar-refractivity contribution is 0.128. The molecule has 0 saturated carbocycles. The minimum Gasteiger partial charge on any atom is -0.347 e. The van der Waals surface area contributed by atoms with E-state index < -0.39 is 0 Å². The van der Waals surface area contributed by atoms with Crippen LogP contribution in [0.3, 0.4) is 0 Å². The molecule has 1 atom stereocenters. The normalized spacial score (nSPS) is 16.3. The molecule has 0 unspecified atom stereocenters. The maximum atomic E-state index is 9.20. The van der Waals surface area contributed by atoms with E-state index in [-0.39, 0.29) is 6.04 Å². The summed E-state index contributed by atoms with van der Waals surface area (Å²) in [5, 5.41) is 13.4. The number of aromatic amines is 1. The summed E-state index contributed by atoms with van der Waals surface area (Å²) >= 11 is 0. The molecule has 1 aliphatic heterocycles. The molecule has 8 nitrogen and oxygen atoms in total. The van der Waals surface area contributed by atoms with Gasteiger partial charge in [0.05, 0.1) is 35.4 Å². The summed E-state index contributed by atoms with van der Waals surface area (Å²) in [4.78, 5) is 18.6. The largest absolute Gasteiger partial charge is 0.347 e. The second-order valence-electron chi connectivity index (χ2n) is 6.96. The van der Waals surface area contributed by atoms with Crippen molar-refractivity contribution in [3.05, 3.63) is 83.5 Å². The van der Waals surface area contributed by atoms with Gasteiger partial charge in [-0.3, -0.25) is 9.88 Å². The van der Waals surface area contributed by atoms with Crippen molar-refractivity contribution in [2.24, 2.45) is 0 Å². The standard InChI is InChI=1S/C21H17N7O/c22-10-14-2-1-3-15(8-14)11-28-12-18-17(24-13-25-18)9-19(28)21-26-20(27-29-21)16-4-6-23-7-5-16/h1-8,13,19H,9,11-12H2,(H,24,25)/t19-/m0/s1. The lowest BCUT2D eigenvalue weighted by Gasteiger charge is -2.32. The van der Waals surface area contributed by atoms with Crippen LogP contribution in [0.5, 0.6) is 0 Å². The highest BCUT2D eigenvalue weighted by Gasteiger charge is 2.33. The second-order valence-corrected chi connectivity index (χ2v) is 6.96. The van der Waals surface area contributed by atoms with Gasteiger partial charge in [-0.05, 0) is 29.8 Å². The SMILES string of the molecule is N#Cc1cccc(CN2Cc3[nH]cnc3C[C@H]2c2nc(-c3ccncc3)no2)c1. The van der Waals surface area contributed by atoms with E-state index >= 15 is 0 Å². The number of nitrogens with zero attached hydrogens (tertiary/aromatic N) is 6. The number of nitrogens with one attached hydrogen (secondary N) is 1. The van der Waals surface area contributed by atoms with Gasteiger partial charge in [-0.25, -0.2) is 4.98 Å². The summed E-state index contributed by atoms with van der Waals surface area (Å²) in [5.41, 5.74) is 4.67. The third-order valence-corrected chi connectivity index (χ3v) is 5.10. The van der Waals surface area contributed by atoms with Crippen molar-refractivity contribution in [1.82, 2.24) is 30.0 Å². The third kappa shape index (κ3) is 3.39. The van der Waals surface area contributed by atoms with E-state index in [4.69, 9.17) is 4.52 Å². The molecule has 5 rings (SSSR count). The summed E-state index contributed by atoms with van der Waals surface area (Å²) in [6, 6.07) is 13.5. The molecule has 0 radical (unpaired) electrons. The number of hydrogen-bond donors (Lipinski definition) is 1. The van der Waals surface area contributed by atoms with Gasteiger partial charge in [-0.15, -0.1) is 0 Å². The van der Waals surface area contributed by atoms with Crippen LogP contribution in [0.4, 0.5) is 0 Å². The average molecular weight is 383 g/mol. The average Bonchev–Trinajstić information content (AvgIpc) is 3.43. The molecular formula is C21H17N7O. The lowest BCUT2D eigenvalue weighted by Crippen LogP contribution is -2.34. The molecule has 4 heterocycles. The molecule has 29 heavy (non-hydrogen) atoms. The van der Waals surface area contributed by atoms with Crippen LogP contribution < -0.4 is 0 Å². The van der Waals surface area contributed by atoms with Gasteiger partial charge in [0.2, 0.25) is 11.7 Å². The van der Waals surface area contributed by atoms with Crippen LogP contribution in [0.25, 0.3) is 11.4 Å². The third-order valence-electron chi connectivity index (χ3n) is 5.10. The van der Waals surface area contributed by atoms with Crippen LogP contribution in [0.15, 0.2) is 59.6 Å². The first-order chi connectivity index (χ1) is 14.3. The Labute approximate surface area is 166 Å². The number of pyridine rings is 1.